The molecule has 1 aromatic rings. The topological polar surface area (TPSA) is 58.7 Å². The number of aliphatic hydroxyl groups excluding tert-OH is 1. The Hall–Kier alpha value is -1.10. The minimum Gasteiger partial charge on any atom is -0.491 e. The predicted octanol–water partition coefficient (Wildman–Crippen LogP) is 2.01. The third-order valence-corrected chi connectivity index (χ3v) is 3.67. The summed E-state index contributed by atoms with van der Waals surface area (Å²) in [5.41, 5.74) is 6.62. The van der Waals surface area contributed by atoms with Gasteiger partial charge in [0, 0.05) is 19.1 Å². The molecular weight excluding hydrogens is 252 g/mol. The number of benzene rings is 1. The Kier molecular flexibility index (Phi) is 7.59. The molecule has 4 nitrogen and oxygen atoms in total. The van der Waals surface area contributed by atoms with Crippen LogP contribution in [0.1, 0.15) is 32.8 Å². The van der Waals surface area contributed by atoms with Gasteiger partial charge in [0.1, 0.15) is 18.5 Å². The Morgan fingerprint density at radius 3 is 2.40 bits per heavy atom. The number of hydrogen-bond acceptors (Lipinski definition) is 4. The summed E-state index contributed by atoms with van der Waals surface area (Å²) in [6.07, 6.45) is 0.611. The Morgan fingerprint density at radius 1 is 1.25 bits per heavy atom. The van der Waals surface area contributed by atoms with Crippen molar-refractivity contribution < 1.29 is 9.84 Å². The van der Waals surface area contributed by atoms with Gasteiger partial charge in [-0.2, -0.15) is 0 Å². The molecule has 0 bridgehead atoms. The first-order valence-corrected chi connectivity index (χ1v) is 7.44. The highest BCUT2D eigenvalue weighted by Crippen LogP contribution is 2.12. The summed E-state index contributed by atoms with van der Waals surface area (Å²) < 4.78 is 5.61. The molecule has 0 aromatic heterocycles. The number of likely N-dealkylation sites (N-methyl/N-ethyl adjacent to an activating group) is 1. The Bertz CT molecular complexity index is 367. The van der Waals surface area contributed by atoms with E-state index in [-0.39, 0.29) is 0 Å². The summed E-state index contributed by atoms with van der Waals surface area (Å²) in [7, 11) is 0. The van der Waals surface area contributed by atoms with Crippen LogP contribution in [0.3, 0.4) is 0 Å². The van der Waals surface area contributed by atoms with Crippen LogP contribution >= 0.6 is 0 Å². The van der Waals surface area contributed by atoms with E-state index in [1.54, 1.807) is 0 Å². The van der Waals surface area contributed by atoms with Crippen molar-refractivity contribution >= 4 is 0 Å². The van der Waals surface area contributed by atoms with Crippen LogP contribution in [0.4, 0.5) is 0 Å². The number of rotatable bonds is 9. The van der Waals surface area contributed by atoms with Crippen LogP contribution in [0.2, 0.25) is 0 Å². The van der Waals surface area contributed by atoms with Crippen LogP contribution in [0.15, 0.2) is 24.3 Å². The van der Waals surface area contributed by atoms with Crippen molar-refractivity contribution in [2.24, 2.45) is 5.73 Å². The molecule has 2 unspecified atom stereocenters. The van der Waals surface area contributed by atoms with E-state index in [9.17, 15) is 5.11 Å². The Morgan fingerprint density at radius 2 is 1.90 bits per heavy atom. The SMILES string of the molecule is CCC(C)N(CC)CC(O)COc1ccc(CN)cc1. The summed E-state index contributed by atoms with van der Waals surface area (Å²) in [6, 6.07) is 8.15. The highest BCUT2D eigenvalue weighted by Gasteiger charge is 2.15. The molecule has 0 radical (unpaired) electrons. The van der Waals surface area contributed by atoms with E-state index in [4.69, 9.17) is 10.5 Å². The Balaban J connectivity index is 2.39. The van der Waals surface area contributed by atoms with Crippen LogP contribution in [0, 0.1) is 0 Å². The second-order valence-electron chi connectivity index (χ2n) is 5.16. The predicted molar refractivity (Wildman–Crippen MR) is 82.8 cm³/mol. The van der Waals surface area contributed by atoms with Gasteiger partial charge in [0.25, 0.3) is 0 Å². The van der Waals surface area contributed by atoms with E-state index in [1.807, 2.05) is 24.3 Å². The number of ether oxygens (including phenoxy) is 1. The molecular formula is C16H28N2O2. The van der Waals surface area contributed by atoms with E-state index in [0.29, 0.717) is 25.7 Å². The minimum atomic E-state index is -0.474. The summed E-state index contributed by atoms with van der Waals surface area (Å²) in [5, 5.41) is 10.1. The van der Waals surface area contributed by atoms with Gasteiger partial charge >= 0.3 is 0 Å². The average Bonchev–Trinajstić information content (AvgIpc) is 2.50. The zero-order valence-corrected chi connectivity index (χ0v) is 12.9. The molecule has 114 valence electrons. The van der Waals surface area contributed by atoms with E-state index in [0.717, 1.165) is 24.3 Å². The minimum absolute atomic E-state index is 0.314. The van der Waals surface area contributed by atoms with E-state index in [2.05, 4.69) is 25.7 Å². The molecule has 20 heavy (non-hydrogen) atoms. The molecule has 0 saturated heterocycles. The first-order chi connectivity index (χ1) is 9.60. The lowest BCUT2D eigenvalue weighted by molar-refractivity contribution is 0.0563. The van der Waals surface area contributed by atoms with Crippen LogP contribution in [0.5, 0.6) is 5.75 Å². The molecule has 2 atom stereocenters. The van der Waals surface area contributed by atoms with E-state index < -0.39 is 6.10 Å². The molecule has 0 aliphatic heterocycles. The van der Waals surface area contributed by atoms with Gasteiger partial charge in [-0.05, 0) is 37.6 Å². The smallest absolute Gasteiger partial charge is 0.119 e. The number of nitrogens with two attached hydrogens (primary N) is 1. The molecule has 0 spiro atoms. The highest BCUT2D eigenvalue weighted by atomic mass is 16.5. The summed E-state index contributed by atoms with van der Waals surface area (Å²) >= 11 is 0. The second-order valence-corrected chi connectivity index (χ2v) is 5.16. The normalized spacial score (nSPS) is 14.3. The van der Waals surface area contributed by atoms with Crippen molar-refractivity contribution in [2.75, 3.05) is 19.7 Å². The molecule has 0 aliphatic rings. The maximum atomic E-state index is 10.1. The van der Waals surface area contributed by atoms with Gasteiger partial charge in [0.15, 0.2) is 0 Å². The molecule has 3 N–H and O–H groups in total. The average molecular weight is 280 g/mol. The Labute approximate surface area is 122 Å². The van der Waals surface area contributed by atoms with Crippen molar-refractivity contribution in [3.63, 3.8) is 0 Å². The standard InChI is InChI=1S/C16H28N2O2/c1-4-13(3)18(5-2)11-15(19)12-20-16-8-6-14(10-17)7-9-16/h6-9,13,15,19H,4-5,10-12,17H2,1-3H3. The summed E-state index contributed by atoms with van der Waals surface area (Å²) in [5.74, 6) is 0.771. The lowest BCUT2D eigenvalue weighted by atomic mass is 10.2. The number of aliphatic hydroxyl groups is 1. The highest BCUT2D eigenvalue weighted by molar-refractivity contribution is 5.27. The number of hydrogen-bond donors (Lipinski definition) is 2. The van der Waals surface area contributed by atoms with Crippen molar-refractivity contribution in [1.29, 1.82) is 0 Å². The van der Waals surface area contributed by atoms with Crippen molar-refractivity contribution in [1.82, 2.24) is 4.90 Å². The van der Waals surface area contributed by atoms with Gasteiger partial charge in [-0.15, -0.1) is 0 Å². The van der Waals surface area contributed by atoms with E-state index in [1.165, 1.54) is 0 Å². The van der Waals surface area contributed by atoms with Crippen LogP contribution in [-0.2, 0) is 6.54 Å². The first kappa shape index (κ1) is 17.0. The largest absolute Gasteiger partial charge is 0.491 e. The molecule has 0 fully saturated rings. The van der Waals surface area contributed by atoms with Gasteiger partial charge in [-0.1, -0.05) is 26.0 Å². The van der Waals surface area contributed by atoms with Gasteiger partial charge < -0.3 is 15.6 Å². The molecule has 0 heterocycles. The lowest BCUT2D eigenvalue weighted by Gasteiger charge is -2.29. The van der Waals surface area contributed by atoms with Gasteiger partial charge in [-0.3, -0.25) is 4.90 Å². The quantitative estimate of drug-likeness (QED) is 0.726. The fourth-order valence-electron chi connectivity index (χ4n) is 2.12. The zero-order valence-electron chi connectivity index (χ0n) is 12.9. The van der Waals surface area contributed by atoms with Crippen molar-refractivity contribution in [2.45, 2.75) is 45.9 Å². The third kappa shape index (κ3) is 5.49. The van der Waals surface area contributed by atoms with Gasteiger partial charge in [-0.25, -0.2) is 0 Å². The molecule has 0 amide bonds. The number of nitrogens with zero attached hydrogens (tertiary/aromatic N) is 1. The zero-order chi connectivity index (χ0) is 15.0. The fourth-order valence-corrected chi connectivity index (χ4v) is 2.12. The maximum absolute atomic E-state index is 10.1. The van der Waals surface area contributed by atoms with Crippen LogP contribution < -0.4 is 10.5 Å². The maximum Gasteiger partial charge on any atom is 0.119 e. The molecule has 4 heteroatoms. The van der Waals surface area contributed by atoms with Crippen molar-refractivity contribution in [3.05, 3.63) is 29.8 Å². The van der Waals surface area contributed by atoms with Gasteiger partial charge in [0.2, 0.25) is 0 Å². The molecule has 1 rings (SSSR count). The van der Waals surface area contributed by atoms with Crippen LogP contribution in [0.25, 0.3) is 0 Å². The summed E-state index contributed by atoms with van der Waals surface area (Å²) in [4.78, 5) is 2.27. The first-order valence-electron chi connectivity index (χ1n) is 7.44. The van der Waals surface area contributed by atoms with Gasteiger partial charge in [0.05, 0.1) is 0 Å². The second kappa shape index (κ2) is 8.95. The van der Waals surface area contributed by atoms with E-state index >= 15 is 0 Å². The van der Waals surface area contributed by atoms with Crippen molar-refractivity contribution in [3.8, 4) is 5.75 Å². The molecule has 1 aromatic carbocycles. The van der Waals surface area contributed by atoms with Crippen LogP contribution in [-0.4, -0.2) is 41.8 Å². The molecule has 0 saturated carbocycles. The molecule has 0 aliphatic carbocycles. The third-order valence-electron chi connectivity index (χ3n) is 3.67. The fraction of sp³-hybridized carbons (Fsp3) is 0.625. The summed E-state index contributed by atoms with van der Waals surface area (Å²) in [6.45, 7) is 8.89. The monoisotopic (exact) mass is 280 g/mol. The lowest BCUT2D eigenvalue weighted by Crippen LogP contribution is -2.40.